The number of para-hydroxylation sites is 1. The number of aryl methyl sites for hydroxylation is 2. The number of nitrogens with zero attached hydrogens (tertiary/aromatic N) is 2. The van der Waals surface area contributed by atoms with Gasteiger partial charge in [-0.2, -0.15) is 0 Å². The van der Waals surface area contributed by atoms with Crippen LogP contribution in [0.25, 0.3) is 5.57 Å². The summed E-state index contributed by atoms with van der Waals surface area (Å²) < 4.78 is 5.78. The summed E-state index contributed by atoms with van der Waals surface area (Å²) >= 11 is 1.62. The van der Waals surface area contributed by atoms with Gasteiger partial charge in [0.25, 0.3) is 0 Å². The third-order valence-electron chi connectivity index (χ3n) is 4.19. The summed E-state index contributed by atoms with van der Waals surface area (Å²) in [7, 11) is 1.81. The first-order chi connectivity index (χ1) is 12.0. The van der Waals surface area contributed by atoms with Gasteiger partial charge in [0.15, 0.2) is 0 Å². The van der Waals surface area contributed by atoms with Crippen molar-refractivity contribution in [3.8, 4) is 5.75 Å². The van der Waals surface area contributed by atoms with E-state index in [0.717, 1.165) is 33.2 Å². The van der Waals surface area contributed by atoms with Gasteiger partial charge in [0, 0.05) is 18.0 Å². The number of hydrogen-bond donors (Lipinski definition) is 0. The van der Waals surface area contributed by atoms with Crippen LogP contribution in [-0.2, 0) is 4.79 Å². The van der Waals surface area contributed by atoms with E-state index in [1.165, 1.54) is 0 Å². The average Bonchev–Trinajstić information content (AvgIpc) is 3.24. The normalized spacial score (nSPS) is 13.4. The van der Waals surface area contributed by atoms with Crippen LogP contribution >= 0.6 is 11.3 Å². The number of amides is 1. The fraction of sp³-hybridized carbons (Fsp3) is 0.300. The lowest BCUT2D eigenvalue weighted by Crippen LogP contribution is -2.31. The van der Waals surface area contributed by atoms with Crippen LogP contribution in [0.2, 0.25) is 0 Å². The highest BCUT2D eigenvalue weighted by Crippen LogP contribution is 2.28. The van der Waals surface area contributed by atoms with Crippen LogP contribution in [0.1, 0.15) is 22.7 Å². The van der Waals surface area contributed by atoms with Crippen molar-refractivity contribution in [3.63, 3.8) is 0 Å². The lowest BCUT2D eigenvalue weighted by Gasteiger charge is -2.18. The Hall–Kier alpha value is -2.40. The molecule has 1 aliphatic rings. The average molecular weight is 354 g/mol. The zero-order valence-electron chi connectivity index (χ0n) is 14.8. The zero-order chi connectivity index (χ0) is 17.8. The van der Waals surface area contributed by atoms with Crippen LogP contribution in [0.3, 0.4) is 0 Å². The van der Waals surface area contributed by atoms with Crippen molar-refractivity contribution >= 4 is 22.8 Å². The Morgan fingerprint density at radius 2 is 2.12 bits per heavy atom. The van der Waals surface area contributed by atoms with Gasteiger partial charge >= 0.3 is 0 Å². The van der Waals surface area contributed by atoms with E-state index in [0.29, 0.717) is 19.6 Å². The molecule has 25 heavy (non-hydrogen) atoms. The van der Waals surface area contributed by atoms with Gasteiger partial charge < -0.3 is 9.64 Å². The van der Waals surface area contributed by atoms with Crippen molar-refractivity contribution < 1.29 is 9.53 Å². The van der Waals surface area contributed by atoms with Crippen molar-refractivity contribution in [3.05, 3.63) is 63.6 Å². The van der Waals surface area contributed by atoms with Gasteiger partial charge in [-0.3, -0.25) is 4.79 Å². The molecule has 0 atom stereocenters. The van der Waals surface area contributed by atoms with Crippen LogP contribution < -0.4 is 4.74 Å². The molecule has 2 aromatic rings. The number of rotatable bonds is 6. The number of hydrogen-bond acceptors (Lipinski definition) is 4. The lowest BCUT2D eigenvalue weighted by atomic mass is 10.2. The second kappa shape index (κ2) is 7.66. The van der Waals surface area contributed by atoms with E-state index < -0.39 is 0 Å². The molecule has 3 rings (SSSR count). The van der Waals surface area contributed by atoms with Crippen LogP contribution in [0.4, 0.5) is 0 Å². The molecular weight excluding hydrogens is 332 g/mol. The Bertz CT molecular complexity index is 836. The molecule has 4 nitrogen and oxygen atoms in total. The molecule has 0 saturated heterocycles. The highest BCUT2D eigenvalue weighted by Gasteiger charge is 2.19. The molecule has 1 heterocycles. The zero-order valence-corrected chi connectivity index (χ0v) is 15.6. The summed E-state index contributed by atoms with van der Waals surface area (Å²) in [4.78, 5) is 18.8. The van der Waals surface area contributed by atoms with Crippen molar-refractivity contribution in [2.24, 2.45) is 0 Å². The van der Waals surface area contributed by atoms with Crippen molar-refractivity contribution in [1.29, 1.82) is 0 Å². The number of allylic oxidation sites excluding steroid dienone is 3. The molecule has 0 fully saturated rings. The van der Waals surface area contributed by atoms with Gasteiger partial charge in [-0.05, 0) is 43.5 Å². The predicted molar refractivity (Wildman–Crippen MR) is 102 cm³/mol. The van der Waals surface area contributed by atoms with Crippen LogP contribution in [0.5, 0.6) is 5.75 Å². The first-order valence-corrected chi connectivity index (χ1v) is 9.19. The summed E-state index contributed by atoms with van der Waals surface area (Å²) in [5.74, 6) is 0.915. The Labute approximate surface area is 152 Å². The Morgan fingerprint density at radius 1 is 1.32 bits per heavy atom. The van der Waals surface area contributed by atoms with E-state index in [2.05, 4.69) is 11.1 Å². The van der Waals surface area contributed by atoms with Gasteiger partial charge in [0.05, 0.1) is 17.2 Å². The van der Waals surface area contributed by atoms with E-state index in [4.69, 9.17) is 4.74 Å². The van der Waals surface area contributed by atoms with Crippen LogP contribution in [-0.4, -0.2) is 36.0 Å². The van der Waals surface area contributed by atoms with Gasteiger partial charge in [-0.1, -0.05) is 24.3 Å². The van der Waals surface area contributed by atoms with Crippen LogP contribution in [0.15, 0.2) is 47.4 Å². The van der Waals surface area contributed by atoms with Gasteiger partial charge in [-0.15, -0.1) is 11.3 Å². The second-order valence-electron chi connectivity index (χ2n) is 6.13. The topological polar surface area (TPSA) is 42.4 Å². The Morgan fingerprint density at radius 3 is 2.84 bits per heavy atom. The third-order valence-corrected chi connectivity index (χ3v) is 4.96. The summed E-state index contributed by atoms with van der Waals surface area (Å²) in [5, 5.41) is 3.07. The highest BCUT2D eigenvalue weighted by atomic mass is 32.1. The third kappa shape index (κ3) is 4.17. The molecule has 1 aromatic carbocycles. The first-order valence-electron chi connectivity index (χ1n) is 8.31. The molecule has 0 aliphatic heterocycles. The molecule has 0 radical (unpaired) electrons. The standard InChI is InChI=1S/C20H22N2O2S/c1-14-6-4-5-7-19(14)24-11-10-22(3)20(23)17-9-8-16(12-17)18-13-25-15(2)21-18/h4-8,12-13H,9-11H2,1-3H3. The number of ether oxygens (including phenoxy) is 1. The maximum absolute atomic E-state index is 12.6. The first kappa shape index (κ1) is 17.4. The number of thiazole rings is 1. The number of aromatic nitrogens is 1. The summed E-state index contributed by atoms with van der Waals surface area (Å²) in [6, 6.07) is 7.90. The molecule has 0 spiro atoms. The van der Waals surface area contributed by atoms with Crippen molar-refractivity contribution in [1.82, 2.24) is 9.88 Å². The highest BCUT2D eigenvalue weighted by molar-refractivity contribution is 7.09. The number of carbonyl (C=O) groups excluding carboxylic acids is 1. The number of likely N-dealkylation sites (N-methyl/N-ethyl adjacent to an activating group) is 1. The minimum Gasteiger partial charge on any atom is -0.491 e. The molecule has 5 heteroatoms. The molecule has 0 bridgehead atoms. The summed E-state index contributed by atoms with van der Waals surface area (Å²) in [5.41, 5.74) is 3.90. The van der Waals surface area contributed by atoms with Gasteiger partial charge in [0.1, 0.15) is 12.4 Å². The van der Waals surface area contributed by atoms with Crippen molar-refractivity contribution in [2.75, 3.05) is 20.2 Å². The van der Waals surface area contributed by atoms with Gasteiger partial charge in [-0.25, -0.2) is 4.98 Å². The van der Waals surface area contributed by atoms with Gasteiger partial charge in [0.2, 0.25) is 5.91 Å². The molecule has 0 saturated carbocycles. The fourth-order valence-corrected chi connectivity index (χ4v) is 3.33. The second-order valence-corrected chi connectivity index (χ2v) is 7.19. The Kier molecular flexibility index (Phi) is 5.34. The number of benzene rings is 1. The SMILES string of the molecule is Cc1nc(C2=CCC(C(=O)N(C)CCOc3ccccc3C)=C2)cs1. The van der Waals surface area contributed by atoms with E-state index in [-0.39, 0.29) is 5.91 Å². The molecule has 1 amide bonds. The summed E-state index contributed by atoms with van der Waals surface area (Å²) in [6.45, 7) is 5.03. The molecule has 1 aromatic heterocycles. The fourth-order valence-electron chi connectivity index (χ4n) is 2.71. The van der Waals surface area contributed by atoms with E-state index in [1.54, 1.807) is 16.2 Å². The Balaban J connectivity index is 1.54. The predicted octanol–water partition coefficient (Wildman–Crippen LogP) is 4.01. The largest absolute Gasteiger partial charge is 0.491 e. The van der Waals surface area contributed by atoms with E-state index in [9.17, 15) is 4.79 Å². The minimum atomic E-state index is 0.0478. The van der Waals surface area contributed by atoms with Crippen LogP contribution in [0, 0.1) is 13.8 Å². The smallest absolute Gasteiger partial charge is 0.249 e. The molecule has 0 unspecified atom stereocenters. The lowest BCUT2D eigenvalue weighted by molar-refractivity contribution is -0.126. The molecule has 1 aliphatic carbocycles. The quantitative estimate of drug-likeness (QED) is 0.787. The van der Waals surface area contributed by atoms with E-state index in [1.807, 2.05) is 56.6 Å². The molecular formula is C20H22N2O2S. The maximum Gasteiger partial charge on any atom is 0.249 e. The molecule has 130 valence electrons. The number of carbonyl (C=O) groups is 1. The molecule has 0 N–H and O–H groups in total. The minimum absolute atomic E-state index is 0.0478. The maximum atomic E-state index is 12.6. The van der Waals surface area contributed by atoms with Crippen molar-refractivity contribution in [2.45, 2.75) is 20.3 Å². The van der Waals surface area contributed by atoms with E-state index >= 15 is 0 Å². The summed E-state index contributed by atoms with van der Waals surface area (Å²) in [6.07, 6.45) is 4.68. The monoisotopic (exact) mass is 354 g/mol.